The van der Waals surface area contributed by atoms with Crippen LogP contribution in [0.5, 0.6) is 0 Å². The van der Waals surface area contributed by atoms with Crippen molar-refractivity contribution in [2.75, 3.05) is 31.1 Å². The zero-order chi connectivity index (χ0) is 18.0. The molecule has 0 unspecified atom stereocenters. The number of piperazine rings is 1. The molecule has 2 aliphatic heterocycles. The van der Waals surface area contributed by atoms with Gasteiger partial charge in [0, 0.05) is 44.5 Å². The van der Waals surface area contributed by atoms with Crippen molar-refractivity contribution in [2.24, 2.45) is 5.92 Å². The quantitative estimate of drug-likeness (QED) is 0.778. The molecule has 0 aliphatic carbocycles. The Morgan fingerprint density at radius 3 is 2.56 bits per heavy atom. The van der Waals surface area contributed by atoms with Gasteiger partial charge in [0.2, 0.25) is 5.91 Å². The molecule has 0 saturated carbocycles. The van der Waals surface area contributed by atoms with Gasteiger partial charge in [0.25, 0.3) is 0 Å². The van der Waals surface area contributed by atoms with Crippen LogP contribution >= 0.6 is 0 Å². The fraction of sp³-hybridized carbons (Fsp3) is 0.667. The number of nitrogens with zero attached hydrogens (tertiary/aromatic N) is 3. The van der Waals surface area contributed by atoms with Crippen molar-refractivity contribution in [1.29, 1.82) is 0 Å². The lowest BCUT2D eigenvalue weighted by atomic mass is 10.0. The lowest BCUT2D eigenvalue weighted by molar-refractivity contribution is -0.137. The monoisotopic (exact) mass is 365 g/mol. The molecule has 2 aliphatic rings. The molecule has 6 nitrogen and oxygen atoms in total. The van der Waals surface area contributed by atoms with E-state index in [1.54, 1.807) is 12.4 Å². The summed E-state index contributed by atoms with van der Waals surface area (Å²) in [6.45, 7) is 6.56. The number of aromatic nitrogens is 1. The van der Waals surface area contributed by atoms with Gasteiger partial charge in [-0.05, 0) is 30.0 Å². The Hall–Kier alpha value is -1.47. The molecule has 7 heteroatoms. The van der Waals surface area contributed by atoms with E-state index in [2.05, 4.69) is 23.7 Å². The lowest BCUT2D eigenvalue weighted by Gasteiger charge is -2.44. The number of amides is 1. The number of pyridine rings is 1. The molecule has 0 spiro atoms. The van der Waals surface area contributed by atoms with E-state index in [0.717, 1.165) is 18.7 Å². The molecule has 1 aromatic heterocycles. The average Bonchev–Trinajstić information content (AvgIpc) is 2.89. The van der Waals surface area contributed by atoms with Gasteiger partial charge < -0.3 is 4.90 Å². The number of sulfone groups is 1. The van der Waals surface area contributed by atoms with Gasteiger partial charge in [-0.3, -0.25) is 14.7 Å². The highest BCUT2D eigenvalue weighted by atomic mass is 32.2. The molecular formula is C18H27N3O3S. The van der Waals surface area contributed by atoms with Gasteiger partial charge in [0.15, 0.2) is 9.84 Å². The summed E-state index contributed by atoms with van der Waals surface area (Å²) in [6, 6.07) is 3.58. The second kappa shape index (κ2) is 7.41. The van der Waals surface area contributed by atoms with Crippen LogP contribution in [0.15, 0.2) is 24.5 Å². The van der Waals surface area contributed by atoms with Gasteiger partial charge in [-0.1, -0.05) is 13.8 Å². The van der Waals surface area contributed by atoms with E-state index in [1.165, 1.54) is 0 Å². The SMILES string of the molecule is CC(C)CN1CCN(C(=O)CCc2ccncc2)[C@H]2CS(=O)(=O)C[C@H]21. The number of aryl methyl sites for hydroxylation is 1. The molecule has 0 radical (unpaired) electrons. The zero-order valence-electron chi connectivity index (χ0n) is 15.0. The van der Waals surface area contributed by atoms with Gasteiger partial charge in [-0.15, -0.1) is 0 Å². The predicted octanol–water partition coefficient (Wildman–Crippen LogP) is 0.980. The first-order valence-corrected chi connectivity index (χ1v) is 10.8. The molecule has 1 aromatic rings. The number of fused-ring (bicyclic) bond motifs is 1. The van der Waals surface area contributed by atoms with Crippen molar-refractivity contribution in [2.45, 2.75) is 38.8 Å². The van der Waals surface area contributed by atoms with Gasteiger partial charge in [-0.25, -0.2) is 8.42 Å². The van der Waals surface area contributed by atoms with E-state index in [0.29, 0.717) is 25.3 Å². The summed E-state index contributed by atoms with van der Waals surface area (Å²) in [7, 11) is -3.07. The Balaban J connectivity index is 1.68. The number of hydrogen-bond acceptors (Lipinski definition) is 5. The van der Waals surface area contributed by atoms with Gasteiger partial charge in [-0.2, -0.15) is 0 Å². The summed E-state index contributed by atoms with van der Waals surface area (Å²) in [6.07, 6.45) is 4.53. The highest BCUT2D eigenvalue weighted by Gasteiger charge is 2.47. The second-order valence-corrected chi connectivity index (χ2v) is 9.70. The summed E-state index contributed by atoms with van der Waals surface area (Å²) >= 11 is 0. The summed E-state index contributed by atoms with van der Waals surface area (Å²) < 4.78 is 24.4. The van der Waals surface area contributed by atoms with Crippen LogP contribution in [0.1, 0.15) is 25.8 Å². The maximum atomic E-state index is 12.8. The van der Waals surface area contributed by atoms with E-state index in [4.69, 9.17) is 0 Å². The molecule has 25 heavy (non-hydrogen) atoms. The Morgan fingerprint density at radius 1 is 1.20 bits per heavy atom. The van der Waals surface area contributed by atoms with Crippen molar-refractivity contribution in [3.05, 3.63) is 30.1 Å². The lowest BCUT2D eigenvalue weighted by Crippen LogP contribution is -2.61. The Labute approximate surface area is 150 Å². The fourth-order valence-corrected chi connectivity index (χ4v) is 5.99. The van der Waals surface area contributed by atoms with Gasteiger partial charge in [0.05, 0.1) is 17.5 Å². The highest BCUT2D eigenvalue weighted by Crippen LogP contribution is 2.28. The minimum atomic E-state index is -3.07. The van der Waals surface area contributed by atoms with Crippen molar-refractivity contribution >= 4 is 15.7 Å². The number of hydrogen-bond donors (Lipinski definition) is 0. The van der Waals surface area contributed by atoms with Crippen molar-refractivity contribution < 1.29 is 13.2 Å². The van der Waals surface area contributed by atoms with E-state index < -0.39 is 9.84 Å². The molecule has 2 fully saturated rings. The summed E-state index contributed by atoms with van der Waals surface area (Å²) in [5.74, 6) is 0.831. The van der Waals surface area contributed by atoms with Gasteiger partial charge >= 0.3 is 0 Å². The normalized spacial score (nSPS) is 26.0. The Morgan fingerprint density at radius 2 is 1.88 bits per heavy atom. The smallest absolute Gasteiger partial charge is 0.223 e. The maximum absolute atomic E-state index is 12.8. The summed E-state index contributed by atoms with van der Waals surface area (Å²) in [5, 5.41) is 0. The Kier molecular flexibility index (Phi) is 5.43. The third kappa shape index (κ3) is 4.39. The summed E-state index contributed by atoms with van der Waals surface area (Å²) in [5.41, 5.74) is 1.08. The van der Waals surface area contributed by atoms with Crippen LogP contribution in [-0.4, -0.2) is 72.3 Å². The third-order valence-corrected chi connectivity index (χ3v) is 6.79. The molecule has 3 heterocycles. The maximum Gasteiger partial charge on any atom is 0.223 e. The largest absolute Gasteiger partial charge is 0.336 e. The first kappa shape index (κ1) is 18.3. The molecule has 2 saturated heterocycles. The van der Waals surface area contributed by atoms with Crippen LogP contribution in [0.3, 0.4) is 0 Å². The van der Waals surface area contributed by atoms with Crippen molar-refractivity contribution in [3.63, 3.8) is 0 Å². The summed E-state index contributed by atoms with van der Waals surface area (Å²) in [4.78, 5) is 20.8. The third-order valence-electron chi connectivity index (χ3n) is 5.09. The molecule has 0 aromatic carbocycles. The fourth-order valence-electron chi connectivity index (χ4n) is 3.97. The van der Waals surface area contributed by atoms with Gasteiger partial charge in [0.1, 0.15) is 0 Å². The molecule has 1 amide bonds. The van der Waals surface area contributed by atoms with E-state index in [-0.39, 0.29) is 29.5 Å². The van der Waals surface area contributed by atoms with Crippen LogP contribution in [0, 0.1) is 5.92 Å². The predicted molar refractivity (Wildman–Crippen MR) is 96.9 cm³/mol. The molecular weight excluding hydrogens is 338 g/mol. The van der Waals surface area contributed by atoms with Crippen molar-refractivity contribution in [1.82, 2.24) is 14.8 Å². The van der Waals surface area contributed by atoms with E-state index in [9.17, 15) is 13.2 Å². The number of rotatable bonds is 5. The minimum absolute atomic E-state index is 0.0500. The van der Waals surface area contributed by atoms with Crippen LogP contribution in [0.2, 0.25) is 0 Å². The van der Waals surface area contributed by atoms with Crippen LogP contribution in [-0.2, 0) is 21.1 Å². The van der Waals surface area contributed by atoms with E-state index >= 15 is 0 Å². The average molecular weight is 365 g/mol. The minimum Gasteiger partial charge on any atom is -0.336 e. The Bertz CT molecular complexity index is 706. The first-order valence-electron chi connectivity index (χ1n) is 8.98. The first-order chi connectivity index (χ1) is 11.9. The molecule has 138 valence electrons. The van der Waals surface area contributed by atoms with Crippen LogP contribution < -0.4 is 0 Å². The van der Waals surface area contributed by atoms with E-state index in [1.807, 2.05) is 17.0 Å². The molecule has 0 N–H and O–H groups in total. The second-order valence-electron chi connectivity index (χ2n) is 7.54. The highest BCUT2D eigenvalue weighted by molar-refractivity contribution is 7.91. The topological polar surface area (TPSA) is 70.6 Å². The molecule has 3 rings (SSSR count). The zero-order valence-corrected chi connectivity index (χ0v) is 15.8. The number of carbonyl (C=O) groups excluding carboxylic acids is 1. The van der Waals surface area contributed by atoms with Crippen LogP contribution in [0.25, 0.3) is 0 Å². The van der Waals surface area contributed by atoms with Crippen LogP contribution in [0.4, 0.5) is 0 Å². The molecule has 0 bridgehead atoms. The number of carbonyl (C=O) groups is 1. The standard InChI is InChI=1S/C18H27N3O3S/c1-14(2)11-20-9-10-21(17-13-25(23,24)12-16(17)20)18(22)4-3-15-5-7-19-8-6-15/h5-8,14,16-17H,3-4,9-13H2,1-2H3/t16-,17+/m1/s1. The molecule has 2 atom stereocenters. The van der Waals surface area contributed by atoms with Crippen molar-refractivity contribution in [3.8, 4) is 0 Å².